The van der Waals surface area contributed by atoms with Gasteiger partial charge in [0.05, 0.1) is 5.41 Å². The molecule has 5 heteroatoms. The summed E-state index contributed by atoms with van der Waals surface area (Å²) in [6, 6.07) is 16.8. The molecular formula is C20H19N3OS. The first-order valence-corrected chi connectivity index (χ1v) is 9.18. The number of anilines is 1. The summed E-state index contributed by atoms with van der Waals surface area (Å²) in [5.74, 6) is 0.0171. The molecular weight excluding hydrogens is 330 g/mol. The number of benzene rings is 2. The van der Waals surface area contributed by atoms with Gasteiger partial charge in [-0.25, -0.2) is 0 Å². The fraction of sp³-hybridized carbons (Fsp3) is 0.250. The van der Waals surface area contributed by atoms with E-state index in [-0.39, 0.29) is 11.8 Å². The van der Waals surface area contributed by atoms with Crippen molar-refractivity contribution in [2.75, 3.05) is 5.32 Å². The number of carbonyl (C=O) groups excluding carboxylic acids is 1. The van der Waals surface area contributed by atoms with Crippen LogP contribution < -0.4 is 5.32 Å². The third-order valence-electron chi connectivity index (χ3n) is 5.04. The second-order valence-corrected chi connectivity index (χ2v) is 7.67. The van der Waals surface area contributed by atoms with E-state index in [4.69, 9.17) is 0 Å². The fourth-order valence-electron chi connectivity index (χ4n) is 3.86. The molecule has 1 heterocycles. The van der Waals surface area contributed by atoms with Gasteiger partial charge in [0, 0.05) is 5.92 Å². The van der Waals surface area contributed by atoms with E-state index in [0.29, 0.717) is 11.6 Å². The van der Waals surface area contributed by atoms with Gasteiger partial charge in [-0.15, -0.1) is 10.2 Å². The van der Waals surface area contributed by atoms with Crippen molar-refractivity contribution in [1.29, 1.82) is 0 Å². The summed E-state index contributed by atoms with van der Waals surface area (Å²) in [5, 5.41) is 11.3. The first kappa shape index (κ1) is 16.0. The van der Waals surface area contributed by atoms with Gasteiger partial charge in [-0.05, 0) is 37.0 Å². The minimum atomic E-state index is -0.566. The largest absolute Gasteiger partial charge is 0.300 e. The number of aromatic nitrogens is 2. The number of nitrogens with one attached hydrogen (secondary N) is 1. The summed E-state index contributed by atoms with van der Waals surface area (Å²) in [4.78, 5) is 13.2. The van der Waals surface area contributed by atoms with Crippen LogP contribution in [0.15, 0.2) is 54.0 Å². The van der Waals surface area contributed by atoms with Crippen LogP contribution in [0.2, 0.25) is 0 Å². The highest BCUT2D eigenvalue weighted by Gasteiger charge is 2.48. The average Bonchev–Trinajstić information content (AvgIpc) is 3.21. The van der Waals surface area contributed by atoms with Crippen LogP contribution in [0.3, 0.4) is 0 Å². The zero-order valence-electron chi connectivity index (χ0n) is 14.2. The smallest absolute Gasteiger partial charge is 0.233 e. The average molecular weight is 349 g/mol. The molecule has 0 spiro atoms. The maximum Gasteiger partial charge on any atom is 0.233 e. The predicted octanol–water partition coefficient (Wildman–Crippen LogP) is 4.18. The van der Waals surface area contributed by atoms with Crippen molar-refractivity contribution in [2.45, 2.75) is 26.2 Å². The minimum absolute atomic E-state index is 0.00745. The minimum Gasteiger partial charge on any atom is -0.300 e. The number of nitrogens with zero attached hydrogens (tertiary/aromatic N) is 2. The molecule has 0 saturated carbocycles. The van der Waals surface area contributed by atoms with Crippen LogP contribution in [0.4, 0.5) is 5.13 Å². The molecule has 1 aliphatic rings. The summed E-state index contributed by atoms with van der Waals surface area (Å²) >= 11 is 1.34. The third-order valence-corrected chi connectivity index (χ3v) is 5.65. The first-order valence-electron chi connectivity index (χ1n) is 8.30. The fourth-order valence-corrected chi connectivity index (χ4v) is 4.30. The van der Waals surface area contributed by atoms with Gasteiger partial charge in [0.1, 0.15) is 5.51 Å². The number of amides is 1. The Balaban J connectivity index is 1.79. The van der Waals surface area contributed by atoms with Crippen molar-refractivity contribution in [2.24, 2.45) is 5.41 Å². The molecule has 1 aliphatic carbocycles. The lowest BCUT2D eigenvalue weighted by Gasteiger charge is -2.30. The van der Waals surface area contributed by atoms with Gasteiger partial charge in [-0.1, -0.05) is 65.4 Å². The van der Waals surface area contributed by atoms with E-state index in [0.717, 1.165) is 0 Å². The van der Waals surface area contributed by atoms with Gasteiger partial charge in [-0.2, -0.15) is 0 Å². The Kier molecular flexibility index (Phi) is 3.88. The van der Waals surface area contributed by atoms with Gasteiger partial charge < -0.3 is 5.32 Å². The predicted molar refractivity (Wildman–Crippen MR) is 99.8 cm³/mol. The van der Waals surface area contributed by atoms with Crippen LogP contribution >= 0.6 is 11.3 Å². The second kappa shape index (κ2) is 6.08. The molecule has 1 amide bonds. The van der Waals surface area contributed by atoms with Crippen LogP contribution in [0.1, 0.15) is 35.1 Å². The lowest BCUT2D eigenvalue weighted by atomic mass is 9.73. The number of rotatable bonds is 3. The number of fused-ring (bicyclic) bond motifs is 1. The molecule has 1 N–H and O–H groups in total. The van der Waals surface area contributed by atoms with Gasteiger partial charge >= 0.3 is 0 Å². The number of hydrogen-bond donors (Lipinski definition) is 1. The van der Waals surface area contributed by atoms with E-state index in [2.05, 4.69) is 59.7 Å². The highest BCUT2D eigenvalue weighted by molar-refractivity contribution is 7.13. The Morgan fingerprint density at radius 2 is 2.04 bits per heavy atom. The van der Waals surface area contributed by atoms with E-state index in [1.165, 1.54) is 33.6 Å². The molecule has 0 radical (unpaired) electrons. The van der Waals surface area contributed by atoms with Crippen molar-refractivity contribution >= 4 is 22.4 Å². The Hall–Kier alpha value is -2.53. The van der Waals surface area contributed by atoms with Gasteiger partial charge in [-0.3, -0.25) is 4.79 Å². The highest BCUT2D eigenvalue weighted by atomic mass is 32.1. The molecule has 3 aromatic rings. The van der Waals surface area contributed by atoms with Crippen LogP contribution in [-0.2, 0) is 11.2 Å². The zero-order chi connectivity index (χ0) is 17.4. The SMILES string of the molecule is Cc1ccc2c(c1)[C@H](c1ccccc1)[C@](C)(C(=O)Nc1nncs1)C2. The Bertz CT molecular complexity index is 908. The van der Waals surface area contributed by atoms with Crippen LogP contribution in [-0.4, -0.2) is 16.1 Å². The normalized spacial score (nSPS) is 21.8. The van der Waals surface area contributed by atoms with Crippen LogP contribution in [0.5, 0.6) is 0 Å². The van der Waals surface area contributed by atoms with Gasteiger partial charge in [0.15, 0.2) is 0 Å². The van der Waals surface area contributed by atoms with Crippen molar-refractivity contribution in [3.63, 3.8) is 0 Å². The van der Waals surface area contributed by atoms with Crippen molar-refractivity contribution in [1.82, 2.24) is 10.2 Å². The summed E-state index contributed by atoms with van der Waals surface area (Å²) in [7, 11) is 0. The topological polar surface area (TPSA) is 54.9 Å². The molecule has 0 aliphatic heterocycles. The summed E-state index contributed by atoms with van der Waals surface area (Å²) in [6.45, 7) is 4.15. The lowest BCUT2D eigenvalue weighted by Crippen LogP contribution is -2.37. The van der Waals surface area contributed by atoms with E-state index < -0.39 is 5.41 Å². The molecule has 25 heavy (non-hydrogen) atoms. The third kappa shape index (κ3) is 2.74. The molecule has 2 aromatic carbocycles. The summed E-state index contributed by atoms with van der Waals surface area (Å²) in [5.41, 5.74) is 5.94. The molecule has 4 nitrogen and oxygen atoms in total. The maximum atomic E-state index is 13.2. The molecule has 0 fully saturated rings. The van der Waals surface area contributed by atoms with E-state index in [1.807, 2.05) is 18.2 Å². The van der Waals surface area contributed by atoms with E-state index in [9.17, 15) is 4.79 Å². The van der Waals surface area contributed by atoms with Gasteiger partial charge in [0.25, 0.3) is 0 Å². The van der Waals surface area contributed by atoms with Crippen molar-refractivity contribution in [3.05, 3.63) is 76.3 Å². The monoisotopic (exact) mass is 349 g/mol. The number of carbonyl (C=O) groups is 1. The first-order chi connectivity index (χ1) is 12.1. The summed E-state index contributed by atoms with van der Waals surface area (Å²) in [6.07, 6.45) is 0.715. The highest BCUT2D eigenvalue weighted by Crippen LogP contribution is 2.51. The zero-order valence-corrected chi connectivity index (χ0v) is 15.0. The van der Waals surface area contributed by atoms with E-state index in [1.54, 1.807) is 5.51 Å². The second-order valence-electron chi connectivity index (χ2n) is 6.84. The Morgan fingerprint density at radius 3 is 2.76 bits per heavy atom. The quantitative estimate of drug-likeness (QED) is 0.772. The van der Waals surface area contributed by atoms with E-state index >= 15 is 0 Å². The number of hydrogen-bond acceptors (Lipinski definition) is 4. The molecule has 0 bridgehead atoms. The standard InChI is InChI=1S/C20H19N3OS/c1-13-8-9-15-11-20(2,18(24)22-19-23-21-12-25-19)17(16(15)10-13)14-6-4-3-5-7-14/h3-10,12,17H,11H2,1-2H3,(H,22,23,24)/t17-,20+/m0/s1. The Labute approximate surface area is 150 Å². The molecule has 2 atom stereocenters. The molecule has 4 rings (SSSR count). The van der Waals surface area contributed by atoms with Crippen molar-refractivity contribution < 1.29 is 4.79 Å². The van der Waals surface area contributed by atoms with Crippen LogP contribution in [0, 0.1) is 12.3 Å². The summed E-state index contributed by atoms with van der Waals surface area (Å²) < 4.78 is 0. The molecule has 0 saturated heterocycles. The van der Waals surface area contributed by atoms with Gasteiger partial charge in [0.2, 0.25) is 11.0 Å². The Morgan fingerprint density at radius 1 is 1.24 bits per heavy atom. The van der Waals surface area contributed by atoms with Crippen molar-refractivity contribution in [3.8, 4) is 0 Å². The van der Waals surface area contributed by atoms with Crippen LogP contribution in [0.25, 0.3) is 0 Å². The molecule has 1 aromatic heterocycles. The molecule has 0 unspecified atom stereocenters. The maximum absolute atomic E-state index is 13.2. The molecule has 126 valence electrons. The lowest BCUT2D eigenvalue weighted by molar-refractivity contribution is -0.125. The number of aryl methyl sites for hydroxylation is 1.